The lowest BCUT2D eigenvalue weighted by atomic mass is 9.95. The van der Waals surface area contributed by atoms with Crippen molar-refractivity contribution in [3.8, 4) is 0 Å². The minimum absolute atomic E-state index is 0.167. The molecule has 0 unspecified atom stereocenters. The van der Waals surface area contributed by atoms with E-state index < -0.39 is 0 Å². The van der Waals surface area contributed by atoms with Crippen molar-refractivity contribution >= 4 is 5.91 Å². The molecule has 2 atom stereocenters. The number of amides is 1. The largest absolute Gasteiger partial charge is 0.353 e. The van der Waals surface area contributed by atoms with Gasteiger partial charge in [0.25, 0.3) is 0 Å². The van der Waals surface area contributed by atoms with Gasteiger partial charge in [0.1, 0.15) is 0 Å². The fourth-order valence-corrected chi connectivity index (χ4v) is 3.78. The quantitative estimate of drug-likeness (QED) is 0.873. The molecule has 120 valence electrons. The number of nitrogens with zero attached hydrogens (tertiary/aromatic N) is 1. The number of carbonyl (C=O) groups excluding carboxylic acids is 1. The maximum atomic E-state index is 12.0. The van der Waals surface area contributed by atoms with Crippen LogP contribution in [0.1, 0.15) is 43.6 Å². The molecular weight excluding hydrogens is 274 g/mol. The maximum absolute atomic E-state index is 12.0. The third-order valence-corrected chi connectivity index (χ3v) is 5.04. The third kappa shape index (κ3) is 3.87. The first-order valence-corrected chi connectivity index (χ1v) is 8.54. The summed E-state index contributed by atoms with van der Waals surface area (Å²) in [5.41, 5.74) is 7.61. The van der Waals surface area contributed by atoms with Crippen molar-refractivity contribution in [1.29, 1.82) is 0 Å². The van der Waals surface area contributed by atoms with E-state index in [-0.39, 0.29) is 11.9 Å². The molecule has 1 heterocycles. The van der Waals surface area contributed by atoms with Gasteiger partial charge in [0, 0.05) is 44.1 Å². The number of rotatable bonds is 5. The molecule has 1 saturated heterocycles. The second-order valence-electron chi connectivity index (χ2n) is 6.74. The molecule has 1 aliphatic carbocycles. The SMILES string of the molecule is N[C@@H]1CN(CCC(=O)NC2CCCC2)C[C@H]1c1ccccc1. The summed E-state index contributed by atoms with van der Waals surface area (Å²) in [5.74, 6) is 0.586. The molecule has 2 aliphatic rings. The molecule has 0 radical (unpaired) electrons. The third-order valence-electron chi connectivity index (χ3n) is 5.04. The summed E-state index contributed by atoms with van der Waals surface area (Å²) in [7, 11) is 0. The van der Waals surface area contributed by atoms with Crippen molar-refractivity contribution in [1.82, 2.24) is 10.2 Å². The van der Waals surface area contributed by atoms with Crippen molar-refractivity contribution < 1.29 is 4.79 Å². The molecule has 1 aromatic carbocycles. The fraction of sp³-hybridized carbons (Fsp3) is 0.611. The lowest BCUT2D eigenvalue weighted by Gasteiger charge is -2.17. The first-order valence-electron chi connectivity index (χ1n) is 8.54. The number of nitrogens with two attached hydrogens (primary N) is 1. The van der Waals surface area contributed by atoms with Crippen molar-refractivity contribution in [2.24, 2.45) is 5.73 Å². The Morgan fingerprint density at radius 1 is 1.18 bits per heavy atom. The van der Waals surface area contributed by atoms with Crippen molar-refractivity contribution in [2.45, 2.75) is 50.1 Å². The maximum Gasteiger partial charge on any atom is 0.221 e. The molecule has 1 aromatic rings. The molecule has 3 rings (SSSR count). The Morgan fingerprint density at radius 3 is 2.64 bits per heavy atom. The summed E-state index contributed by atoms with van der Waals surface area (Å²) in [6.45, 7) is 2.66. The zero-order valence-electron chi connectivity index (χ0n) is 13.2. The summed E-state index contributed by atoms with van der Waals surface area (Å²) < 4.78 is 0. The van der Waals surface area contributed by atoms with Crippen LogP contribution in [0.25, 0.3) is 0 Å². The molecule has 1 saturated carbocycles. The number of likely N-dealkylation sites (tertiary alicyclic amines) is 1. The molecule has 4 heteroatoms. The zero-order valence-corrected chi connectivity index (χ0v) is 13.2. The lowest BCUT2D eigenvalue weighted by Crippen LogP contribution is -2.35. The molecule has 2 fully saturated rings. The average molecular weight is 301 g/mol. The number of hydrogen-bond donors (Lipinski definition) is 2. The van der Waals surface area contributed by atoms with E-state index in [1.54, 1.807) is 0 Å². The predicted molar refractivity (Wildman–Crippen MR) is 88.6 cm³/mol. The highest BCUT2D eigenvalue weighted by Crippen LogP contribution is 2.26. The summed E-state index contributed by atoms with van der Waals surface area (Å²) in [6.07, 6.45) is 5.40. The van der Waals surface area contributed by atoms with E-state index >= 15 is 0 Å². The van der Waals surface area contributed by atoms with Crippen molar-refractivity contribution in [2.75, 3.05) is 19.6 Å². The van der Waals surface area contributed by atoms with Crippen LogP contribution in [0.4, 0.5) is 0 Å². The monoisotopic (exact) mass is 301 g/mol. The Bertz CT molecular complexity index is 484. The van der Waals surface area contributed by atoms with Crippen LogP contribution in [0.2, 0.25) is 0 Å². The van der Waals surface area contributed by atoms with Gasteiger partial charge < -0.3 is 16.0 Å². The van der Waals surface area contributed by atoms with Crippen LogP contribution in [-0.2, 0) is 4.79 Å². The van der Waals surface area contributed by atoms with E-state index in [9.17, 15) is 4.79 Å². The first kappa shape index (κ1) is 15.5. The van der Waals surface area contributed by atoms with E-state index in [1.807, 2.05) is 6.07 Å². The molecule has 0 aromatic heterocycles. The summed E-state index contributed by atoms with van der Waals surface area (Å²) >= 11 is 0. The van der Waals surface area contributed by atoms with Gasteiger partial charge in [-0.3, -0.25) is 4.79 Å². The molecular formula is C18H27N3O. The predicted octanol–water partition coefficient (Wildman–Crippen LogP) is 1.86. The number of hydrogen-bond acceptors (Lipinski definition) is 3. The van der Waals surface area contributed by atoms with Gasteiger partial charge >= 0.3 is 0 Å². The Kier molecular flexibility index (Phi) is 5.11. The van der Waals surface area contributed by atoms with E-state index in [0.717, 1.165) is 32.5 Å². The van der Waals surface area contributed by atoms with Gasteiger partial charge in [-0.25, -0.2) is 0 Å². The molecule has 0 spiro atoms. The van der Waals surface area contributed by atoms with Crippen LogP contribution < -0.4 is 11.1 Å². The highest BCUT2D eigenvalue weighted by Gasteiger charge is 2.31. The Morgan fingerprint density at radius 2 is 1.91 bits per heavy atom. The first-order chi connectivity index (χ1) is 10.7. The fourth-order valence-electron chi connectivity index (χ4n) is 3.78. The van der Waals surface area contributed by atoms with Crippen LogP contribution in [-0.4, -0.2) is 42.5 Å². The molecule has 0 bridgehead atoms. The molecule has 1 amide bonds. The van der Waals surface area contributed by atoms with E-state index in [0.29, 0.717) is 18.4 Å². The molecule has 22 heavy (non-hydrogen) atoms. The van der Waals surface area contributed by atoms with Crippen molar-refractivity contribution in [3.05, 3.63) is 35.9 Å². The van der Waals surface area contributed by atoms with E-state index in [2.05, 4.69) is 34.5 Å². The van der Waals surface area contributed by atoms with Crippen LogP contribution in [0.3, 0.4) is 0 Å². The second-order valence-corrected chi connectivity index (χ2v) is 6.74. The molecule has 3 N–H and O–H groups in total. The summed E-state index contributed by atoms with van der Waals surface area (Å²) in [5, 5.41) is 3.16. The van der Waals surface area contributed by atoms with Gasteiger partial charge in [0.15, 0.2) is 0 Å². The van der Waals surface area contributed by atoms with Gasteiger partial charge in [-0.1, -0.05) is 43.2 Å². The minimum atomic E-state index is 0.167. The van der Waals surface area contributed by atoms with Crippen molar-refractivity contribution in [3.63, 3.8) is 0 Å². The lowest BCUT2D eigenvalue weighted by molar-refractivity contribution is -0.122. The summed E-state index contributed by atoms with van der Waals surface area (Å²) in [4.78, 5) is 14.3. The Balaban J connectivity index is 1.45. The molecule has 1 aliphatic heterocycles. The number of nitrogens with one attached hydrogen (secondary N) is 1. The van der Waals surface area contributed by atoms with Crippen LogP contribution in [0.15, 0.2) is 30.3 Å². The van der Waals surface area contributed by atoms with Crippen LogP contribution in [0, 0.1) is 0 Å². The highest BCUT2D eigenvalue weighted by molar-refractivity contribution is 5.76. The van der Waals surface area contributed by atoms with Crippen LogP contribution in [0.5, 0.6) is 0 Å². The van der Waals surface area contributed by atoms with Gasteiger partial charge in [0.2, 0.25) is 5.91 Å². The second kappa shape index (κ2) is 7.25. The molecule has 4 nitrogen and oxygen atoms in total. The topological polar surface area (TPSA) is 58.4 Å². The Hall–Kier alpha value is -1.39. The van der Waals surface area contributed by atoms with Gasteiger partial charge in [-0.15, -0.1) is 0 Å². The zero-order chi connectivity index (χ0) is 15.4. The summed E-state index contributed by atoms with van der Waals surface area (Å²) in [6, 6.07) is 11.1. The Labute approximate surface area is 133 Å². The standard InChI is InChI=1S/C18H27N3O/c19-17-13-21(12-16(17)14-6-2-1-3-7-14)11-10-18(22)20-15-8-4-5-9-15/h1-3,6-7,15-17H,4-5,8-13,19H2,(H,20,22)/t16-,17+/m0/s1. The van der Waals surface area contributed by atoms with E-state index in [4.69, 9.17) is 5.73 Å². The van der Waals surface area contributed by atoms with E-state index in [1.165, 1.54) is 18.4 Å². The highest BCUT2D eigenvalue weighted by atomic mass is 16.1. The van der Waals surface area contributed by atoms with Gasteiger partial charge in [-0.05, 0) is 18.4 Å². The smallest absolute Gasteiger partial charge is 0.221 e. The van der Waals surface area contributed by atoms with Crippen LogP contribution >= 0.6 is 0 Å². The minimum Gasteiger partial charge on any atom is -0.353 e. The van der Waals surface area contributed by atoms with Gasteiger partial charge in [-0.2, -0.15) is 0 Å². The number of benzene rings is 1. The average Bonchev–Trinajstić information content (AvgIpc) is 3.16. The van der Waals surface area contributed by atoms with Gasteiger partial charge in [0.05, 0.1) is 0 Å². The normalized spacial score (nSPS) is 26.4. The number of carbonyl (C=O) groups is 1.